The molecule has 1 heterocycles. The molecule has 118 valence electrons. The summed E-state index contributed by atoms with van der Waals surface area (Å²) in [4.78, 5) is 3.73. The predicted octanol–water partition coefficient (Wildman–Crippen LogP) is 1.97. The molecule has 0 fully saturated rings. The molecular formula is C16H15N3O3S. The summed E-state index contributed by atoms with van der Waals surface area (Å²) in [6, 6.07) is 18.9. The van der Waals surface area contributed by atoms with Gasteiger partial charge in [-0.15, -0.1) is 0 Å². The molecule has 2 aromatic carbocycles. The molecule has 0 saturated heterocycles. The number of nitrogens with one attached hydrogen (secondary N) is 1. The van der Waals surface area contributed by atoms with Gasteiger partial charge >= 0.3 is 0 Å². The second-order valence-corrected chi connectivity index (χ2v) is 6.53. The summed E-state index contributed by atoms with van der Waals surface area (Å²) in [5.41, 5.74) is 1.71. The van der Waals surface area contributed by atoms with E-state index in [1.807, 2.05) is 30.3 Å². The fraction of sp³-hybridized carbons (Fsp3) is 0.0625. The van der Waals surface area contributed by atoms with Gasteiger partial charge in [-0.25, -0.2) is 0 Å². The van der Waals surface area contributed by atoms with Crippen molar-refractivity contribution in [2.24, 2.45) is 0 Å². The van der Waals surface area contributed by atoms with Gasteiger partial charge in [0.05, 0.1) is 22.9 Å². The minimum atomic E-state index is -3.77. The minimum Gasteiger partial charge on any atom is -0.390 e. The van der Waals surface area contributed by atoms with Crippen LogP contribution >= 0.6 is 0 Å². The molecule has 0 atom stereocenters. The number of benzene rings is 2. The van der Waals surface area contributed by atoms with E-state index in [0.29, 0.717) is 11.4 Å². The van der Waals surface area contributed by atoms with Crippen molar-refractivity contribution in [1.29, 1.82) is 0 Å². The molecule has 0 aliphatic rings. The zero-order valence-corrected chi connectivity index (χ0v) is 12.9. The summed E-state index contributed by atoms with van der Waals surface area (Å²) in [5.74, 6) is 0. The van der Waals surface area contributed by atoms with Crippen molar-refractivity contribution in [3.05, 3.63) is 72.4 Å². The largest absolute Gasteiger partial charge is 0.390 e. The monoisotopic (exact) mass is 329 g/mol. The number of hydrogen-bond acceptors (Lipinski definition) is 4. The van der Waals surface area contributed by atoms with Crippen LogP contribution < -0.4 is 4.83 Å². The molecule has 2 N–H and O–H groups in total. The fourth-order valence-corrected chi connectivity index (χ4v) is 3.15. The van der Waals surface area contributed by atoms with Crippen molar-refractivity contribution in [2.75, 3.05) is 4.83 Å². The number of aliphatic hydroxyl groups excluding tert-OH is 1. The minimum absolute atomic E-state index is 0.139. The predicted molar refractivity (Wildman–Crippen MR) is 86.6 cm³/mol. The lowest BCUT2D eigenvalue weighted by atomic mass is 10.1. The van der Waals surface area contributed by atoms with Gasteiger partial charge in [0.25, 0.3) is 10.0 Å². The molecule has 1 aromatic heterocycles. The first-order chi connectivity index (χ1) is 11.1. The van der Waals surface area contributed by atoms with E-state index in [0.717, 1.165) is 5.56 Å². The summed E-state index contributed by atoms with van der Waals surface area (Å²) in [5, 5.41) is 13.4. The highest BCUT2D eigenvalue weighted by atomic mass is 32.2. The molecule has 3 rings (SSSR count). The summed E-state index contributed by atoms with van der Waals surface area (Å²) in [6.45, 7) is -0.278. The standard InChI is InChI=1S/C16H15N3O3S/c20-12-14-11-16(13-7-3-1-4-8-13)19(17-14)18-23(21,22)15-9-5-2-6-10-15/h1-11,18,20H,12H2. The Kier molecular flexibility index (Phi) is 4.14. The SMILES string of the molecule is O=S(=O)(Nn1nc(CO)cc1-c1ccccc1)c1ccccc1. The van der Waals surface area contributed by atoms with Gasteiger partial charge in [-0.05, 0) is 18.2 Å². The Bertz CT molecular complexity index is 891. The second kappa shape index (κ2) is 6.23. The van der Waals surface area contributed by atoms with Crippen LogP contribution in [0.25, 0.3) is 11.3 Å². The highest BCUT2D eigenvalue weighted by Crippen LogP contribution is 2.20. The summed E-state index contributed by atoms with van der Waals surface area (Å²) in [6.07, 6.45) is 0. The average molecular weight is 329 g/mol. The molecule has 0 amide bonds. The Hall–Kier alpha value is -2.64. The molecule has 0 unspecified atom stereocenters. The van der Waals surface area contributed by atoms with E-state index in [1.165, 1.54) is 16.9 Å². The Balaban J connectivity index is 2.02. The van der Waals surface area contributed by atoms with Crippen LogP contribution in [0.1, 0.15) is 5.69 Å². The number of sulfonamides is 1. The van der Waals surface area contributed by atoms with E-state index in [1.54, 1.807) is 24.3 Å². The van der Waals surface area contributed by atoms with Crippen LogP contribution in [0.15, 0.2) is 71.6 Å². The van der Waals surface area contributed by atoms with E-state index in [-0.39, 0.29) is 11.5 Å². The van der Waals surface area contributed by atoms with Gasteiger partial charge in [0.2, 0.25) is 0 Å². The summed E-state index contributed by atoms with van der Waals surface area (Å²) in [7, 11) is -3.77. The molecule has 0 aliphatic heterocycles. The maximum Gasteiger partial charge on any atom is 0.276 e. The average Bonchev–Trinajstić information content (AvgIpc) is 2.99. The highest BCUT2D eigenvalue weighted by Gasteiger charge is 2.17. The Labute approximate surface area is 134 Å². The Morgan fingerprint density at radius 3 is 2.22 bits per heavy atom. The maximum atomic E-state index is 12.4. The fourth-order valence-electron chi connectivity index (χ4n) is 2.16. The van der Waals surface area contributed by atoms with E-state index < -0.39 is 10.0 Å². The normalized spacial score (nSPS) is 11.3. The van der Waals surface area contributed by atoms with Gasteiger partial charge in [0.15, 0.2) is 0 Å². The lowest BCUT2D eigenvalue weighted by Crippen LogP contribution is -2.25. The van der Waals surface area contributed by atoms with Gasteiger partial charge in [0.1, 0.15) is 0 Å². The van der Waals surface area contributed by atoms with Crippen LogP contribution in [0, 0.1) is 0 Å². The molecular weight excluding hydrogens is 314 g/mol. The quantitative estimate of drug-likeness (QED) is 0.749. The maximum absolute atomic E-state index is 12.4. The molecule has 0 radical (unpaired) electrons. The van der Waals surface area contributed by atoms with Crippen LogP contribution in [-0.2, 0) is 16.6 Å². The van der Waals surface area contributed by atoms with Crippen LogP contribution in [-0.4, -0.2) is 23.4 Å². The zero-order valence-electron chi connectivity index (χ0n) is 12.1. The molecule has 7 heteroatoms. The topological polar surface area (TPSA) is 84.2 Å². The third kappa shape index (κ3) is 3.25. The van der Waals surface area contributed by atoms with Crippen LogP contribution in [0.4, 0.5) is 0 Å². The van der Waals surface area contributed by atoms with Crippen molar-refractivity contribution in [3.63, 3.8) is 0 Å². The molecule has 0 bridgehead atoms. The van der Waals surface area contributed by atoms with Crippen molar-refractivity contribution >= 4 is 10.0 Å². The van der Waals surface area contributed by atoms with Gasteiger partial charge < -0.3 is 5.11 Å². The lowest BCUT2D eigenvalue weighted by Gasteiger charge is -2.11. The third-order valence-corrected chi connectivity index (χ3v) is 4.56. The first-order valence-electron chi connectivity index (χ1n) is 6.93. The van der Waals surface area contributed by atoms with Gasteiger partial charge in [-0.3, -0.25) is 0 Å². The van der Waals surface area contributed by atoms with Crippen LogP contribution in [0.3, 0.4) is 0 Å². The molecule has 0 saturated carbocycles. The zero-order chi connectivity index (χ0) is 16.3. The third-order valence-electron chi connectivity index (χ3n) is 3.25. The van der Waals surface area contributed by atoms with Gasteiger partial charge in [-0.2, -0.15) is 23.1 Å². The molecule has 23 heavy (non-hydrogen) atoms. The van der Waals surface area contributed by atoms with E-state index in [9.17, 15) is 13.5 Å². The Morgan fingerprint density at radius 2 is 1.61 bits per heavy atom. The molecule has 0 spiro atoms. The summed E-state index contributed by atoms with van der Waals surface area (Å²) < 4.78 is 24.9. The van der Waals surface area contributed by atoms with Crippen LogP contribution in [0.5, 0.6) is 0 Å². The van der Waals surface area contributed by atoms with Gasteiger partial charge in [-0.1, -0.05) is 48.5 Å². The van der Waals surface area contributed by atoms with E-state index >= 15 is 0 Å². The molecule has 0 aliphatic carbocycles. The van der Waals surface area contributed by atoms with Crippen molar-refractivity contribution < 1.29 is 13.5 Å². The van der Waals surface area contributed by atoms with Crippen molar-refractivity contribution in [3.8, 4) is 11.3 Å². The number of aromatic nitrogens is 2. The van der Waals surface area contributed by atoms with Crippen LogP contribution in [0.2, 0.25) is 0 Å². The van der Waals surface area contributed by atoms with Crippen molar-refractivity contribution in [2.45, 2.75) is 11.5 Å². The number of nitrogens with zero attached hydrogens (tertiary/aromatic N) is 2. The Morgan fingerprint density at radius 1 is 1.00 bits per heavy atom. The van der Waals surface area contributed by atoms with Gasteiger partial charge in [0, 0.05) is 5.56 Å². The van der Waals surface area contributed by atoms with E-state index in [2.05, 4.69) is 9.93 Å². The number of aliphatic hydroxyl groups is 1. The number of hydrogen-bond donors (Lipinski definition) is 2. The highest BCUT2D eigenvalue weighted by molar-refractivity contribution is 7.92. The molecule has 6 nitrogen and oxygen atoms in total. The smallest absolute Gasteiger partial charge is 0.276 e. The lowest BCUT2D eigenvalue weighted by molar-refractivity contribution is 0.276. The van der Waals surface area contributed by atoms with Crippen molar-refractivity contribution in [1.82, 2.24) is 9.89 Å². The molecule has 3 aromatic rings. The second-order valence-electron chi connectivity index (χ2n) is 4.86. The van der Waals surface area contributed by atoms with E-state index in [4.69, 9.17) is 0 Å². The first kappa shape index (κ1) is 15.3. The number of rotatable bonds is 5. The summed E-state index contributed by atoms with van der Waals surface area (Å²) >= 11 is 0. The first-order valence-corrected chi connectivity index (χ1v) is 8.41.